The number of amides is 1. The van der Waals surface area contributed by atoms with Crippen LogP contribution in [0.4, 0.5) is 4.39 Å². The Balaban J connectivity index is 1.21. The van der Waals surface area contributed by atoms with Crippen molar-refractivity contribution in [2.24, 2.45) is 62.4 Å². The maximum absolute atomic E-state index is 13.7. The lowest BCUT2D eigenvalue weighted by Gasteiger charge is -2.71. The molecule has 1 aromatic carbocycles. The molecule has 0 radical (unpaired) electrons. The summed E-state index contributed by atoms with van der Waals surface area (Å²) < 4.78 is 32.4. The summed E-state index contributed by atoms with van der Waals surface area (Å²) in [6, 6.07) is 4.58. The molecular formula is C45H65FN2O8. The average molecular weight is 781 g/mol. The first-order valence-corrected chi connectivity index (χ1v) is 20.9. The molecule has 0 spiro atoms. The van der Waals surface area contributed by atoms with Crippen molar-refractivity contribution < 1.29 is 42.9 Å². The van der Waals surface area contributed by atoms with Gasteiger partial charge in [-0.2, -0.15) is 0 Å². The molecular weight excluding hydrogens is 715 g/mol. The second-order valence-electron chi connectivity index (χ2n) is 19.4. The van der Waals surface area contributed by atoms with E-state index in [4.69, 9.17) is 19.9 Å². The third kappa shape index (κ3) is 6.90. The molecule has 1 aromatic rings. The highest BCUT2D eigenvalue weighted by Crippen LogP contribution is 2.75. The smallest absolute Gasteiger partial charge is 0.323 e. The summed E-state index contributed by atoms with van der Waals surface area (Å²) in [5, 5.41) is 13.8. The number of carbonyl (C=O) groups excluding carboxylic acids is 3. The maximum atomic E-state index is 13.7. The SMILES string of the molecule is CC(=O)O[C@@H]1C[C@@]23COC[C@](C)([C@@H]2CC[C@H]2C3=CC[C@@]3(C)[C@H](C(=O)O)[C@@](C)([C@H](C)C(C)C)CC[C@]23C)[C@H]1OC(=O)C(N)CCCCNC(=O)c1cccc(F)c1. The number of nitrogens with two attached hydrogens (primary N) is 1. The van der Waals surface area contributed by atoms with Crippen molar-refractivity contribution in [3.8, 4) is 0 Å². The van der Waals surface area contributed by atoms with E-state index in [1.165, 1.54) is 30.7 Å². The van der Waals surface area contributed by atoms with Crippen molar-refractivity contribution in [1.82, 2.24) is 5.32 Å². The van der Waals surface area contributed by atoms with Crippen molar-refractivity contribution in [3.05, 3.63) is 47.3 Å². The second kappa shape index (κ2) is 15.5. The molecule has 56 heavy (non-hydrogen) atoms. The van der Waals surface area contributed by atoms with Crippen LogP contribution < -0.4 is 11.1 Å². The number of carbonyl (C=O) groups is 4. The molecule has 4 fully saturated rings. The summed E-state index contributed by atoms with van der Waals surface area (Å²) in [4.78, 5) is 52.2. The van der Waals surface area contributed by atoms with Gasteiger partial charge in [0, 0.05) is 29.9 Å². The number of ether oxygens (including phenoxy) is 3. The van der Waals surface area contributed by atoms with Gasteiger partial charge in [-0.05, 0) is 116 Å². The van der Waals surface area contributed by atoms with Crippen LogP contribution in [-0.2, 0) is 28.6 Å². The van der Waals surface area contributed by atoms with Gasteiger partial charge in [-0.15, -0.1) is 0 Å². The molecule has 5 aliphatic rings. The maximum Gasteiger partial charge on any atom is 0.323 e. The minimum Gasteiger partial charge on any atom is -0.481 e. The Kier molecular flexibility index (Phi) is 11.7. The van der Waals surface area contributed by atoms with Gasteiger partial charge in [-0.3, -0.25) is 19.2 Å². The molecule has 12 atom stereocenters. The third-order valence-corrected chi connectivity index (χ3v) is 16.2. The van der Waals surface area contributed by atoms with Crippen LogP contribution in [0.25, 0.3) is 0 Å². The van der Waals surface area contributed by atoms with Crippen LogP contribution in [0.15, 0.2) is 35.9 Å². The Bertz CT molecular complexity index is 1730. The van der Waals surface area contributed by atoms with Crippen LogP contribution in [0, 0.1) is 62.5 Å². The summed E-state index contributed by atoms with van der Waals surface area (Å²) in [5.41, 5.74) is 5.77. The Morgan fingerprint density at radius 3 is 2.41 bits per heavy atom. The van der Waals surface area contributed by atoms with E-state index in [-0.39, 0.29) is 40.1 Å². The first-order chi connectivity index (χ1) is 26.2. The summed E-state index contributed by atoms with van der Waals surface area (Å²) in [5.74, 6) is -2.22. The highest BCUT2D eigenvalue weighted by molar-refractivity contribution is 5.94. The standard InChI is InChI=1S/C45H65FN2O8/c1-26(2)27(3)41(5)19-20-43(7)31-15-16-35-42(6)24-54-25-45(35,32(31)17-18-44(43,8)36(41)39(51)52)23-34(55-28(4)49)37(42)56-40(53)33(47)14-9-10-21-48-38(50)29-12-11-13-30(46)22-29/h11-13,17,22,26-27,31,33-37H,9-10,14-16,18-21,23-25,47H2,1-8H3,(H,48,50)(H,51,52)/t27-,31+,33?,34-,35+,36-,37+,41-,42-,43-,44+,45+/m1/s1. The molecule has 1 saturated heterocycles. The highest BCUT2D eigenvalue weighted by Gasteiger charge is 2.72. The summed E-state index contributed by atoms with van der Waals surface area (Å²) in [6.45, 7) is 18.1. The van der Waals surface area contributed by atoms with E-state index in [9.17, 15) is 28.7 Å². The molecule has 1 aliphatic heterocycles. The predicted octanol–water partition coefficient (Wildman–Crippen LogP) is 7.49. The van der Waals surface area contributed by atoms with Crippen LogP contribution in [0.1, 0.15) is 124 Å². The van der Waals surface area contributed by atoms with Crippen LogP contribution >= 0.6 is 0 Å². The lowest BCUT2D eigenvalue weighted by molar-refractivity contribution is -0.263. The Hall–Kier alpha value is -3.31. The van der Waals surface area contributed by atoms with Gasteiger partial charge in [-0.25, -0.2) is 4.39 Å². The minimum absolute atomic E-state index is 0.0897. The third-order valence-electron chi connectivity index (χ3n) is 16.2. The van der Waals surface area contributed by atoms with Crippen LogP contribution in [0.2, 0.25) is 0 Å². The van der Waals surface area contributed by atoms with Gasteiger partial charge in [-0.1, -0.05) is 66.2 Å². The first-order valence-electron chi connectivity index (χ1n) is 20.9. The molecule has 1 amide bonds. The fourth-order valence-corrected chi connectivity index (χ4v) is 12.9. The predicted molar refractivity (Wildman–Crippen MR) is 210 cm³/mol. The fraction of sp³-hybridized carbons (Fsp3) is 0.733. The highest BCUT2D eigenvalue weighted by atomic mass is 19.1. The monoisotopic (exact) mass is 780 g/mol. The zero-order valence-corrected chi connectivity index (χ0v) is 34.8. The van der Waals surface area contributed by atoms with Gasteiger partial charge in [0.15, 0.2) is 0 Å². The van der Waals surface area contributed by atoms with Crippen LogP contribution in [0.5, 0.6) is 0 Å². The Labute approximate surface area is 332 Å². The summed E-state index contributed by atoms with van der Waals surface area (Å²) >= 11 is 0. The number of fused-ring (bicyclic) bond motifs is 3. The van der Waals surface area contributed by atoms with Crippen molar-refractivity contribution >= 4 is 23.8 Å². The molecule has 1 unspecified atom stereocenters. The van der Waals surface area contributed by atoms with Crippen molar-refractivity contribution in [3.63, 3.8) is 0 Å². The zero-order chi connectivity index (χ0) is 41.0. The lowest BCUT2D eigenvalue weighted by atomic mass is 9.34. The van der Waals surface area contributed by atoms with Crippen molar-refractivity contribution in [2.45, 2.75) is 131 Å². The number of unbranched alkanes of at least 4 members (excludes halogenated alkanes) is 1. The molecule has 1 heterocycles. The van der Waals surface area contributed by atoms with Gasteiger partial charge >= 0.3 is 17.9 Å². The van der Waals surface area contributed by atoms with Crippen molar-refractivity contribution in [1.29, 1.82) is 0 Å². The van der Waals surface area contributed by atoms with E-state index in [0.717, 1.165) is 25.7 Å². The number of esters is 2. The molecule has 10 nitrogen and oxygen atoms in total. The van der Waals surface area contributed by atoms with Gasteiger partial charge in [0.05, 0.1) is 19.1 Å². The largest absolute Gasteiger partial charge is 0.481 e. The molecule has 4 aliphatic carbocycles. The number of aliphatic carboxylic acids is 1. The summed E-state index contributed by atoms with van der Waals surface area (Å²) in [6.07, 6.45) is 6.97. The second-order valence-corrected chi connectivity index (χ2v) is 19.4. The number of nitrogens with one attached hydrogen (secondary N) is 1. The van der Waals surface area contributed by atoms with E-state index < -0.39 is 64.1 Å². The lowest BCUT2D eigenvalue weighted by Crippen LogP contribution is -2.70. The number of carboxylic acid groups (broad SMARTS) is 1. The van der Waals surface area contributed by atoms with E-state index in [0.29, 0.717) is 57.8 Å². The van der Waals surface area contributed by atoms with Gasteiger partial charge in [0.2, 0.25) is 0 Å². The average Bonchev–Trinajstić information content (AvgIpc) is 3.12. The first kappa shape index (κ1) is 42.3. The molecule has 0 aromatic heterocycles. The number of hydrogen-bond acceptors (Lipinski definition) is 8. The number of hydrogen-bond donors (Lipinski definition) is 3. The quantitative estimate of drug-likeness (QED) is 0.111. The van der Waals surface area contributed by atoms with E-state index in [2.05, 4.69) is 59.9 Å². The summed E-state index contributed by atoms with van der Waals surface area (Å²) in [7, 11) is 0. The number of carboxylic acids is 1. The topological polar surface area (TPSA) is 154 Å². The van der Waals surface area contributed by atoms with Crippen LogP contribution in [-0.4, -0.2) is 66.9 Å². The van der Waals surface area contributed by atoms with Crippen LogP contribution in [0.3, 0.4) is 0 Å². The normalized spacial score (nSPS) is 38.5. The number of rotatable bonds is 12. The Morgan fingerprint density at radius 1 is 1.02 bits per heavy atom. The van der Waals surface area contributed by atoms with E-state index >= 15 is 0 Å². The minimum atomic E-state index is -0.918. The van der Waals surface area contributed by atoms with E-state index in [1.54, 1.807) is 6.07 Å². The van der Waals surface area contributed by atoms with Gasteiger partial charge < -0.3 is 30.4 Å². The van der Waals surface area contributed by atoms with Crippen molar-refractivity contribution in [2.75, 3.05) is 19.8 Å². The molecule has 310 valence electrons. The molecule has 4 N–H and O–H groups in total. The zero-order valence-electron chi connectivity index (χ0n) is 34.8. The number of allylic oxidation sites excluding steroid dienone is 1. The van der Waals surface area contributed by atoms with Gasteiger partial charge in [0.1, 0.15) is 24.1 Å². The van der Waals surface area contributed by atoms with E-state index in [1.807, 2.05) is 0 Å². The number of halogens is 1. The fourth-order valence-electron chi connectivity index (χ4n) is 12.9. The molecule has 11 heteroatoms. The number of benzene rings is 1. The molecule has 3 saturated carbocycles. The van der Waals surface area contributed by atoms with Gasteiger partial charge in [0.25, 0.3) is 5.91 Å². The molecule has 2 bridgehead atoms. The molecule has 6 rings (SSSR count). The Morgan fingerprint density at radius 2 is 1.75 bits per heavy atom.